The molecule has 0 aliphatic carbocycles. The van der Waals surface area contributed by atoms with E-state index in [1.165, 1.54) is 9.80 Å². The van der Waals surface area contributed by atoms with E-state index in [1.54, 1.807) is 0 Å². The van der Waals surface area contributed by atoms with Crippen molar-refractivity contribution in [3.05, 3.63) is 10.1 Å². The minimum atomic E-state index is -1.31. The zero-order valence-electron chi connectivity index (χ0n) is 11.3. The second-order valence-electron chi connectivity index (χ2n) is 5.13. The van der Waals surface area contributed by atoms with E-state index in [9.17, 15) is 19.7 Å². The highest BCUT2D eigenvalue weighted by atomic mass is 16.6. The first kappa shape index (κ1) is 16.3. The molecule has 114 valence electrons. The first-order valence-corrected chi connectivity index (χ1v) is 6.32. The molecule has 0 unspecified atom stereocenters. The fraction of sp³-hybridized carbons (Fsp3) is 0.818. The average molecular weight is 289 g/mol. The highest BCUT2D eigenvalue weighted by Gasteiger charge is 2.48. The van der Waals surface area contributed by atoms with Gasteiger partial charge in [0.15, 0.2) is 0 Å². The van der Waals surface area contributed by atoms with Gasteiger partial charge in [0.05, 0.1) is 32.8 Å². The summed E-state index contributed by atoms with van der Waals surface area (Å²) in [4.78, 5) is 35.4. The van der Waals surface area contributed by atoms with Gasteiger partial charge in [-0.15, -0.1) is 0 Å². The van der Waals surface area contributed by atoms with Gasteiger partial charge in [0.2, 0.25) is 5.54 Å². The number of nitro groups is 1. The van der Waals surface area contributed by atoms with Crippen LogP contribution in [0.15, 0.2) is 0 Å². The van der Waals surface area contributed by atoms with Crippen molar-refractivity contribution in [2.45, 2.75) is 25.3 Å². The van der Waals surface area contributed by atoms with Crippen LogP contribution < -0.4 is 0 Å². The summed E-state index contributed by atoms with van der Waals surface area (Å²) < 4.78 is 0. The largest absolute Gasteiger partial charge is 0.480 e. The van der Waals surface area contributed by atoms with Gasteiger partial charge < -0.3 is 10.2 Å². The highest BCUT2D eigenvalue weighted by Crippen LogP contribution is 2.25. The van der Waals surface area contributed by atoms with E-state index in [0.717, 1.165) is 0 Å². The van der Waals surface area contributed by atoms with Crippen LogP contribution in [-0.2, 0) is 9.59 Å². The Hall–Kier alpha value is -1.74. The Labute approximate surface area is 115 Å². The number of hydrogen-bond donors (Lipinski definition) is 2. The summed E-state index contributed by atoms with van der Waals surface area (Å²) >= 11 is 0. The van der Waals surface area contributed by atoms with Crippen LogP contribution in [0, 0.1) is 10.1 Å². The summed E-state index contributed by atoms with van der Waals surface area (Å²) in [6.45, 7) is 1.29. The normalized spacial score (nSPS) is 19.6. The molecule has 0 saturated carbocycles. The molecular weight excluding hydrogens is 270 g/mol. The topological polar surface area (TPSA) is 124 Å². The van der Waals surface area contributed by atoms with E-state index in [4.69, 9.17) is 10.2 Å². The second-order valence-corrected chi connectivity index (χ2v) is 5.13. The molecule has 9 heteroatoms. The third-order valence-electron chi connectivity index (χ3n) is 3.26. The van der Waals surface area contributed by atoms with Crippen LogP contribution in [0.3, 0.4) is 0 Å². The van der Waals surface area contributed by atoms with Crippen LogP contribution in [0.5, 0.6) is 0 Å². The van der Waals surface area contributed by atoms with E-state index in [-0.39, 0.29) is 39.3 Å². The van der Waals surface area contributed by atoms with Gasteiger partial charge in [0, 0.05) is 11.3 Å². The minimum Gasteiger partial charge on any atom is -0.480 e. The van der Waals surface area contributed by atoms with Crippen molar-refractivity contribution in [2.24, 2.45) is 0 Å². The molecule has 9 nitrogen and oxygen atoms in total. The monoisotopic (exact) mass is 289 g/mol. The fourth-order valence-electron chi connectivity index (χ4n) is 2.69. The van der Waals surface area contributed by atoms with Crippen molar-refractivity contribution in [2.75, 3.05) is 32.8 Å². The van der Waals surface area contributed by atoms with Crippen molar-refractivity contribution >= 4 is 11.9 Å². The Kier molecular flexibility index (Phi) is 5.40. The van der Waals surface area contributed by atoms with Crippen LogP contribution in [0.4, 0.5) is 0 Å². The van der Waals surface area contributed by atoms with Crippen LogP contribution in [-0.4, -0.2) is 75.3 Å². The highest BCUT2D eigenvalue weighted by molar-refractivity contribution is 5.69. The summed E-state index contributed by atoms with van der Waals surface area (Å²) in [5.74, 6) is -2.17. The molecule has 1 aliphatic rings. The molecule has 0 amide bonds. The van der Waals surface area contributed by atoms with Crippen molar-refractivity contribution in [3.63, 3.8) is 0 Å². The van der Waals surface area contributed by atoms with E-state index in [2.05, 4.69) is 0 Å². The summed E-state index contributed by atoms with van der Waals surface area (Å²) in [5.41, 5.74) is -1.31. The lowest BCUT2D eigenvalue weighted by molar-refractivity contribution is -0.576. The predicted molar refractivity (Wildman–Crippen MR) is 67.9 cm³/mol. The molecule has 1 heterocycles. The van der Waals surface area contributed by atoms with Gasteiger partial charge in [-0.1, -0.05) is 6.92 Å². The summed E-state index contributed by atoms with van der Waals surface area (Å²) in [5, 5.41) is 29.0. The molecule has 0 spiro atoms. The van der Waals surface area contributed by atoms with E-state index >= 15 is 0 Å². The number of carboxylic acid groups (broad SMARTS) is 2. The molecule has 1 rings (SSSR count). The zero-order valence-corrected chi connectivity index (χ0v) is 11.3. The molecule has 0 aromatic rings. The van der Waals surface area contributed by atoms with Gasteiger partial charge in [-0.2, -0.15) is 0 Å². The maximum atomic E-state index is 11.4. The number of carboxylic acids is 2. The lowest BCUT2D eigenvalue weighted by Gasteiger charge is -2.41. The molecule has 0 atom stereocenters. The Morgan fingerprint density at radius 3 is 1.95 bits per heavy atom. The Morgan fingerprint density at radius 2 is 1.65 bits per heavy atom. The molecule has 0 aromatic carbocycles. The summed E-state index contributed by atoms with van der Waals surface area (Å²) in [7, 11) is 0. The fourth-order valence-corrected chi connectivity index (χ4v) is 2.69. The average Bonchev–Trinajstić information content (AvgIpc) is 2.26. The molecule has 1 aliphatic heterocycles. The predicted octanol–water partition coefficient (Wildman–Crippen LogP) is -0.454. The SMILES string of the molecule is CCCC1([N+](=O)[O-])CN(CC(=O)O)CN(CC(=O)O)C1. The number of aliphatic carboxylic acids is 2. The molecule has 1 saturated heterocycles. The van der Waals surface area contributed by atoms with E-state index in [1.807, 2.05) is 6.92 Å². The van der Waals surface area contributed by atoms with E-state index in [0.29, 0.717) is 6.42 Å². The number of carbonyl (C=O) groups is 2. The molecule has 2 N–H and O–H groups in total. The van der Waals surface area contributed by atoms with Crippen molar-refractivity contribution in [1.82, 2.24) is 9.80 Å². The van der Waals surface area contributed by atoms with Gasteiger partial charge in [0.25, 0.3) is 0 Å². The maximum Gasteiger partial charge on any atom is 0.317 e. The number of hydrogen-bond acceptors (Lipinski definition) is 6. The first-order chi connectivity index (χ1) is 9.29. The molecule has 0 radical (unpaired) electrons. The molecule has 1 fully saturated rings. The molecule has 0 bridgehead atoms. The van der Waals surface area contributed by atoms with Gasteiger partial charge in [0.1, 0.15) is 0 Å². The lowest BCUT2D eigenvalue weighted by Crippen LogP contribution is -2.64. The molecule has 0 aromatic heterocycles. The smallest absolute Gasteiger partial charge is 0.317 e. The third kappa shape index (κ3) is 4.14. The van der Waals surface area contributed by atoms with Crippen LogP contribution in [0.1, 0.15) is 19.8 Å². The van der Waals surface area contributed by atoms with Gasteiger partial charge in [-0.3, -0.25) is 29.5 Å². The zero-order chi connectivity index (χ0) is 15.3. The molecule has 20 heavy (non-hydrogen) atoms. The molecular formula is C11H19N3O6. The van der Waals surface area contributed by atoms with Crippen molar-refractivity contribution in [3.8, 4) is 0 Å². The van der Waals surface area contributed by atoms with E-state index < -0.39 is 22.4 Å². The van der Waals surface area contributed by atoms with Crippen LogP contribution >= 0.6 is 0 Å². The van der Waals surface area contributed by atoms with Crippen molar-refractivity contribution in [1.29, 1.82) is 0 Å². The number of rotatable bonds is 7. The van der Waals surface area contributed by atoms with Gasteiger partial charge >= 0.3 is 11.9 Å². The second kappa shape index (κ2) is 6.62. The minimum absolute atomic E-state index is 0.0241. The maximum absolute atomic E-state index is 11.4. The Morgan fingerprint density at radius 1 is 1.20 bits per heavy atom. The van der Waals surface area contributed by atoms with Crippen LogP contribution in [0.25, 0.3) is 0 Å². The Bertz CT molecular complexity index is 376. The Balaban J connectivity index is 2.94. The number of nitrogens with zero attached hydrogens (tertiary/aromatic N) is 3. The lowest BCUT2D eigenvalue weighted by atomic mass is 9.91. The summed E-state index contributed by atoms with van der Waals surface area (Å²) in [6.07, 6.45) is 0.856. The van der Waals surface area contributed by atoms with Gasteiger partial charge in [-0.25, -0.2) is 0 Å². The quantitative estimate of drug-likeness (QED) is 0.477. The first-order valence-electron chi connectivity index (χ1n) is 6.32. The summed E-state index contributed by atoms with van der Waals surface area (Å²) in [6, 6.07) is 0. The van der Waals surface area contributed by atoms with Crippen LogP contribution in [0.2, 0.25) is 0 Å². The third-order valence-corrected chi connectivity index (χ3v) is 3.26. The standard InChI is InChI=1S/C11H19N3O6/c1-2-3-11(14(19)20)6-12(4-9(15)16)8-13(7-11)5-10(17)18/h2-8H2,1H3,(H,15,16)(H,17,18). The van der Waals surface area contributed by atoms with Gasteiger partial charge in [-0.05, 0) is 6.42 Å². The van der Waals surface area contributed by atoms with Crippen molar-refractivity contribution < 1.29 is 24.7 Å².